The zero-order valence-corrected chi connectivity index (χ0v) is 26.8. The zero-order valence-electron chi connectivity index (χ0n) is 24.4. The summed E-state index contributed by atoms with van der Waals surface area (Å²) in [5.41, 5.74) is 5.23. The minimum Gasteiger partial charge on any atom is -0.508 e. The van der Waals surface area contributed by atoms with Crippen molar-refractivity contribution in [3.8, 4) is 11.5 Å². The number of phenols is 2. The van der Waals surface area contributed by atoms with Crippen molar-refractivity contribution in [1.29, 1.82) is 0 Å². The molecular weight excluding hydrogens is 703 g/mol. The number of hydrogen-bond acceptors (Lipinski definition) is 13. The van der Waals surface area contributed by atoms with Crippen LogP contribution in [0.5, 0.6) is 11.5 Å². The van der Waals surface area contributed by atoms with Crippen molar-refractivity contribution in [1.82, 2.24) is 0 Å². The molecule has 49 heavy (non-hydrogen) atoms. The highest BCUT2D eigenvalue weighted by atomic mass is 32.2. The maximum Gasteiger partial charge on any atom is 0.296 e. The second-order valence-electron chi connectivity index (χ2n) is 10.5. The molecule has 19 heteroatoms. The summed E-state index contributed by atoms with van der Waals surface area (Å²) in [6.45, 7) is 0. The predicted octanol–water partition coefficient (Wildman–Crippen LogP) is 6.71. The van der Waals surface area contributed by atoms with E-state index in [2.05, 4.69) is 20.5 Å². The summed E-state index contributed by atoms with van der Waals surface area (Å²) in [4.78, 5) is -1.96. The lowest BCUT2D eigenvalue weighted by Crippen LogP contribution is -2.04. The third-order valence-electron chi connectivity index (χ3n) is 7.32. The van der Waals surface area contributed by atoms with Gasteiger partial charge in [0.25, 0.3) is 30.4 Å². The first-order chi connectivity index (χ1) is 22.9. The summed E-state index contributed by atoms with van der Waals surface area (Å²) in [6.07, 6.45) is 0. The smallest absolute Gasteiger partial charge is 0.296 e. The number of nitrogen functional groups attached to an aromatic ring is 1. The molecule has 0 unspecified atom stereocenters. The summed E-state index contributed by atoms with van der Waals surface area (Å²) >= 11 is 0. The van der Waals surface area contributed by atoms with Gasteiger partial charge >= 0.3 is 0 Å². The van der Waals surface area contributed by atoms with Crippen molar-refractivity contribution in [2.24, 2.45) is 20.5 Å². The average molecular weight is 724 g/mol. The number of rotatable bonds is 7. The van der Waals surface area contributed by atoms with Crippen LogP contribution in [0, 0.1) is 0 Å². The molecule has 0 aliphatic carbocycles. The molecule has 7 N–H and O–H groups in total. The van der Waals surface area contributed by atoms with Crippen LogP contribution in [0.15, 0.2) is 120 Å². The number of nitrogens with zero attached hydrogens (tertiary/aromatic N) is 4. The molecule has 0 saturated carbocycles. The summed E-state index contributed by atoms with van der Waals surface area (Å²) < 4.78 is 100. The highest BCUT2D eigenvalue weighted by Crippen LogP contribution is 2.44. The highest BCUT2D eigenvalue weighted by Gasteiger charge is 2.25. The van der Waals surface area contributed by atoms with Gasteiger partial charge in [0, 0.05) is 21.5 Å². The molecule has 0 heterocycles. The standard InChI is InChI=1S/C30H21N5O11S3/c31-23-14-21-16(11-27(23)48(41,42)43)12-28(49(44,45)46)29(30(21)37)35-34-24-8-9-25(22-13-18(36)5-7-20(22)24)33-32-17-4-6-19-15(10-17)2-1-3-26(19)47(38,39)40/h1-14,36-37H,31H2,(H,38,39,40)(H,41,42,43)(H,44,45,46). The fraction of sp³-hybridized carbons (Fsp3) is 0. The number of azo groups is 2. The molecular formula is C30H21N5O11S3. The van der Waals surface area contributed by atoms with E-state index in [4.69, 9.17) is 5.73 Å². The Bertz CT molecular complexity index is 2790. The largest absolute Gasteiger partial charge is 0.508 e. The number of hydrogen-bond donors (Lipinski definition) is 6. The van der Waals surface area contributed by atoms with Gasteiger partial charge in [-0.05, 0) is 77.5 Å². The van der Waals surface area contributed by atoms with E-state index in [0.717, 1.165) is 18.2 Å². The second kappa shape index (κ2) is 11.8. The van der Waals surface area contributed by atoms with E-state index >= 15 is 0 Å². The van der Waals surface area contributed by atoms with Crippen LogP contribution in [0.25, 0.3) is 32.3 Å². The number of phenolic OH excluding ortho intramolecular Hbond substituents is 2. The summed E-state index contributed by atoms with van der Waals surface area (Å²) in [5.74, 6) is -0.974. The van der Waals surface area contributed by atoms with Gasteiger partial charge in [0.05, 0.1) is 22.7 Å². The van der Waals surface area contributed by atoms with Crippen molar-refractivity contribution < 1.29 is 49.1 Å². The lowest BCUT2D eigenvalue weighted by Gasteiger charge is -2.11. The van der Waals surface area contributed by atoms with Crippen LogP contribution >= 0.6 is 0 Å². The van der Waals surface area contributed by atoms with Gasteiger partial charge in [0.2, 0.25) is 0 Å². The molecule has 0 fully saturated rings. The van der Waals surface area contributed by atoms with E-state index in [-0.39, 0.29) is 38.2 Å². The molecule has 0 spiro atoms. The Labute approximate surface area is 276 Å². The lowest BCUT2D eigenvalue weighted by molar-refractivity contribution is 0.472. The Hall–Kier alpha value is -5.57. The van der Waals surface area contributed by atoms with Gasteiger partial charge in [0.1, 0.15) is 26.1 Å². The Morgan fingerprint density at radius 3 is 1.80 bits per heavy atom. The molecule has 6 rings (SSSR count). The molecule has 6 aromatic carbocycles. The zero-order chi connectivity index (χ0) is 35.5. The van der Waals surface area contributed by atoms with E-state index in [0.29, 0.717) is 21.8 Å². The lowest BCUT2D eigenvalue weighted by atomic mass is 10.1. The Morgan fingerprint density at radius 2 is 1.12 bits per heavy atom. The van der Waals surface area contributed by atoms with Crippen LogP contribution in [-0.4, -0.2) is 49.1 Å². The van der Waals surface area contributed by atoms with E-state index in [9.17, 15) is 49.1 Å². The van der Waals surface area contributed by atoms with Gasteiger partial charge in [-0.25, -0.2) is 0 Å². The molecule has 0 aliphatic heterocycles. The summed E-state index contributed by atoms with van der Waals surface area (Å²) in [6, 6.07) is 18.5. The van der Waals surface area contributed by atoms with Crippen molar-refractivity contribution in [3.63, 3.8) is 0 Å². The molecule has 0 saturated heterocycles. The van der Waals surface area contributed by atoms with Gasteiger partial charge in [0.15, 0.2) is 5.75 Å². The van der Waals surface area contributed by atoms with E-state index in [1.165, 1.54) is 54.6 Å². The fourth-order valence-corrected chi connectivity index (χ4v) is 7.14. The number of aromatic hydroxyl groups is 2. The second-order valence-corrected chi connectivity index (χ2v) is 14.7. The van der Waals surface area contributed by atoms with Gasteiger partial charge in [-0.1, -0.05) is 18.2 Å². The number of fused-ring (bicyclic) bond motifs is 3. The maximum atomic E-state index is 12.3. The van der Waals surface area contributed by atoms with Gasteiger partial charge < -0.3 is 15.9 Å². The number of benzene rings is 6. The van der Waals surface area contributed by atoms with Gasteiger partial charge in [-0.2, -0.15) is 30.4 Å². The Balaban J connectivity index is 1.44. The SMILES string of the molecule is Nc1cc2c(O)c(N=Nc3ccc(N=Nc4ccc5c(S(=O)(=O)O)cccc5c4)c4cc(O)ccc34)c(S(=O)(=O)O)cc2cc1S(=O)(=O)O. The van der Waals surface area contributed by atoms with Crippen LogP contribution in [0.2, 0.25) is 0 Å². The van der Waals surface area contributed by atoms with Crippen molar-refractivity contribution in [2.45, 2.75) is 14.7 Å². The predicted molar refractivity (Wildman–Crippen MR) is 177 cm³/mol. The topological polar surface area (TPSA) is 279 Å². The maximum absolute atomic E-state index is 12.3. The van der Waals surface area contributed by atoms with Crippen LogP contribution < -0.4 is 5.73 Å². The van der Waals surface area contributed by atoms with Crippen LogP contribution in [0.3, 0.4) is 0 Å². The normalized spacial score (nSPS) is 13.0. The molecule has 16 nitrogen and oxygen atoms in total. The molecule has 0 radical (unpaired) electrons. The van der Waals surface area contributed by atoms with Crippen molar-refractivity contribution in [2.75, 3.05) is 5.73 Å². The first kappa shape index (κ1) is 33.3. The number of anilines is 1. The molecule has 0 bridgehead atoms. The molecule has 0 aliphatic rings. The quantitative estimate of drug-likeness (QED) is 0.0569. The summed E-state index contributed by atoms with van der Waals surface area (Å²) in [5, 5.41) is 38.7. The van der Waals surface area contributed by atoms with Gasteiger partial charge in [-0.15, -0.1) is 15.3 Å². The minimum absolute atomic E-state index is 0.0967. The Kier molecular flexibility index (Phi) is 8.05. The molecule has 0 aromatic heterocycles. The van der Waals surface area contributed by atoms with Crippen LogP contribution in [0.4, 0.5) is 28.4 Å². The van der Waals surface area contributed by atoms with Crippen molar-refractivity contribution in [3.05, 3.63) is 84.9 Å². The molecule has 0 amide bonds. The first-order valence-corrected chi connectivity index (χ1v) is 17.9. The monoisotopic (exact) mass is 723 g/mol. The van der Waals surface area contributed by atoms with Crippen LogP contribution in [0.1, 0.15) is 0 Å². The average Bonchev–Trinajstić information content (AvgIpc) is 3.01. The fourth-order valence-electron chi connectivity index (χ4n) is 5.13. The third kappa shape index (κ3) is 6.48. The first-order valence-electron chi connectivity index (χ1n) is 13.6. The summed E-state index contributed by atoms with van der Waals surface area (Å²) in [7, 11) is -14.4. The number of nitrogens with two attached hydrogens (primary N) is 1. The highest BCUT2D eigenvalue weighted by molar-refractivity contribution is 7.86. The minimum atomic E-state index is -5.08. The van der Waals surface area contributed by atoms with Crippen LogP contribution in [-0.2, 0) is 30.4 Å². The van der Waals surface area contributed by atoms with E-state index < -0.39 is 57.3 Å². The molecule has 250 valence electrons. The molecule has 6 aromatic rings. The molecule has 0 atom stereocenters. The van der Waals surface area contributed by atoms with Crippen molar-refractivity contribution >= 4 is 91.1 Å². The van der Waals surface area contributed by atoms with E-state index in [1.54, 1.807) is 12.1 Å². The third-order valence-corrected chi connectivity index (χ3v) is 10.0. The van der Waals surface area contributed by atoms with Gasteiger partial charge in [-0.3, -0.25) is 13.7 Å². The Morgan fingerprint density at radius 1 is 0.510 bits per heavy atom. The van der Waals surface area contributed by atoms with E-state index in [1.807, 2.05) is 0 Å².